The Hall–Kier alpha value is -2.13. The van der Waals surface area contributed by atoms with Crippen molar-refractivity contribution in [2.24, 2.45) is 5.92 Å². The molecule has 1 aliphatic heterocycles. The van der Waals surface area contributed by atoms with E-state index in [1.165, 1.54) is 12.1 Å². The molecular weight excluding hydrogens is 256 g/mol. The Bertz CT molecular complexity index is 538. The summed E-state index contributed by atoms with van der Waals surface area (Å²) < 4.78 is 0. The van der Waals surface area contributed by atoms with Crippen LogP contribution < -0.4 is 5.32 Å². The van der Waals surface area contributed by atoms with E-state index in [0.717, 1.165) is 26.1 Å². The summed E-state index contributed by atoms with van der Waals surface area (Å²) in [6, 6.07) is 6.41. The van der Waals surface area contributed by atoms with Crippen molar-refractivity contribution in [1.29, 1.82) is 5.26 Å². The Balaban J connectivity index is 2.05. The topological polar surface area (TPSA) is 82.2 Å². The van der Waals surface area contributed by atoms with Crippen LogP contribution in [0, 0.1) is 27.4 Å². The van der Waals surface area contributed by atoms with Crippen molar-refractivity contribution >= 4 is 11.4 Å². The zero-order valence-corrected chi connectivity index (χ0v) is 11.5. The first-order chi connectivity index (χ1) is 9.63. The van der Waals surface area contributed by atoms with Crippen molar-refractivity contribution in [2.45, 2.75) is 13.3 Å². The average molecular weight is 274 g/mol. The van der Waals surface area contributed by atoms with Crippen molar-refractivity contribution in [3.63, 3.8) is 0 Å². The largest absolute Gasteiger partial charge is 0.379 e. The number of nitro benzene ring substituents is 1. The number of nitriles is 1. The molecule has 1 aromatic carbocycles. The van der Waals surface area contributed by atoms with Crippen LogP contribution in [0.25, 0.3) is 0 Å². The number of nitro groups is 1. The number of benzene rings is 1. The minimum atomic E-state index is -0.420. The highest BCUT2D eigenvalue weighted by molar-refractivity contribution is 5.64. The fourth-order valence-corrected chi connectivity index (χ4v) is 2.53. The molecular formula is C14H18N4O2. The lowest BCUT2D eigenvalue weighted by molar-refractivity contribution is -0.384. The van der Waals surface area contributed by atoms with Crippen LogP contribution in [0.15, 0.2) is 18.2 Å². The van der Waals surface area contributed by atoms with Crippen LogP contribution >= 0.6 is 0 Å². The molecule has 0 spiro atoms. The lowest BCUT2D eigenvalue weighted by Crippen LogP contribution is -2.22. The van der Waals surface area contributed by atoms with Crippen LogP contribution in [-0.4, -0.2) is 36.0 Å². The number of anilines is 1. The van der Waals surface area contributed by atoms with Gasteiger partial charge in [0.15, 0.2) is 0 Å². The molecule has 1 atom stereocenters. The summed E-state index contributed by atoms with van der Waals surface area (Å²) in [7, 11) is 0. The van der Waals surface area contributed by atoms with Crippen molar-refractivity contribution in [2.75, 3.05) is 31.5 Å². The van der Waals surface area contributed by atoms with Gasteiger partial charge in [-0.05, 0) is 37.6 Å². The standard InChI is InChI=1S/C14H18N4O2/c1-2-17-6-5-12(10-17)9-16-13-7-11(8-15)3-4-14(13)18(19)20/h3-4,7,12,16H,2,5-6,9-10H2,1H3. The molecule has 6 nitrogen and oxygen atoms in total. The second kappa shape index (κ2) is 6.35. The lowest BCUT2D eigenvalue weighted by Gasteiger charge is -2.14. The minimum Gasteiger partial charge on any atom is -0.379 e. The average Bonchev–Trinajstić information content (AvgIpc) is 2.92. The van der Waals surface area contributed by atoms with Crippen molar-refractivity contribution in [3.05, 3.63) is 33.9 Å². The highest BCUT2D eigenvalue weighted by Gasteiger charge is 2.22. The number of likely N-dealkylation sites (tertiary alicyclic amines) is 1. The summed E-state index contributed by atoms with van der Waals surface area (Å²) in [5, 5.41) is 23.0. The van der Waals surface area contributed by atoms with Crippen LogP contribution in [0.3, 0.4) is 0 Å². The van der Waals surface area contributed by atoms with E-state index in [0.29, 0.717) is 23.7 Å². The predicted molar refractivity (Wildman–Crippen MR) is 76.5 cm³/mol. The van der Waals surface area contributed by atoms with Gasteiger partial charge in [0, 0.05) is 19.2 Å². The van der Waals surface area contributed by atoms with Crippen LogP contribution in [0.5, 0.6) is 0 Å². The molecule has 1 heterocycles. The number of hydrogen-bond donors (Lipinski definition) is 1. The Morgan fingerprint density at radius 3 is 3.00 bits per heavy atom. The van der Waals surface area contributed by atoms with Gasteiger partial charge in [-0.25, -0.2) is 0 Å². The molecule has 106 valence electrons. The molecule has 1 fully saturated rings. The van der Waals surface area contributed by atoms with Gasteiger partial charge in [-0.15, -0.1) is 0 Å². The molecule has 1 aliphatic rings. The Morgan fingerprint density at radius 2 is 2.40 bits per heavy atom. The first-order valence-electron chi connectivity index (χ1n) is 6.78. The van der Waals surface area contributed by atoms with E-state index < -0.39 is 4.92 Å². The summed E-state index contributed by atoms with van der Waals surface area (Å²) in [6.07, 6.45) is 1.10. The third kappa shape index (κ3) is 3.25. The van der Waals surface area contributed by atoms with Crippen LogP contribution in [0.2, 0.25) is 0 Å². The van der Waals surface area contributed by atoms with Crippen molar-refractivity contribution in [1.82, 2.24) is 4.90 Å². The van der Waals surface area contributed by atoms with Gasteiger partial charge in [-0.2, -0.15) is 5.26 Å². The van der Waals surface area contributed by atoms with E-state index in [-0.39, 0.29) is 5.69 Å². The minimum absolute atomic E-state index is 0.0225. The normalized spacial score (nSPS) is 18.7. The highest BCUT2D eigenvalue weighted by atomic mass is 16.6. The predicted octanol–water partition coefficient (Wildman–Crippen LogP) is 2.22. The molecule has 0 saturated carbocycles. The monoisotopic (exact) mass is 274 g/mol. The summed E-state index contributed by atoms with van der Waals surface area (Å²) >= 11 is 0. The van der Waals surface area contributed by atoms with E-state index in [1.54, 1.807) is 6.07 Å². The maximum Gasteiger partial charge on any atom is 0.292 e. The van der Waals surface area contributed by atoms with E-state index >= 15 is 0 Å². The quantitative estimate of drug-likeness (QED) is 0.657. The summed E-state index contributed by atoms with van der Waals surface area (Å²) in [5.41, 5.74) is 0.887. The SMILES string of the molecule is CCN1CCC(CNc2cc(C#N)ccc2[N+](=O)[O-])C1. The van der Waals surface area contributed by atoms with Gasteiger partial charge >= 0.3 is 0 Å². The number of hydrogen-bond acceptors (Lipinski definition) is 5. The molecule has 2 rings (SSSR count). The summed E-state index contributed by atoms with van der Waals surface area (Å²) in [6.45, 7) is 5.99. The van der Waals surface area contributed by atoms with Gasteiger partial charge in [0.1, 0.15) is 5.69 Å². The zero-order chi connectivity index (χ0) is 14.5. The fourth-order valence-electron chi connectivity index (χ4n) is 2.53. The molecule has 0 aromatic heterocycles. The van der Waals surface area contributed by atoms with E-state index in [1.807, 2.05) is 6.07 Å². The number of rotatable bonds is 5. The van der Waals surface area contributed by atoms with Gasteiger partial charge in [0.2, 0.25) is 0 Å². The van der Waals surface area contributed by atoms with Crippen LogP contribution in [0.1, 0.15) is 18.9 Å². The highest BCUT2D eigenvalue weighted by Crippen LogP contribution is 2.26. The molecule has 0 aliphatic carbocycles. The second-order valence-corrected chi connectivity index (χ2v) is 5.03. The number of nitrogens with one attached hydrogen (secondary N) is 1. The molecule has 1 N–H and O–H groups in total. The molecule has 0 amide bonds. The molecule has 20 heavy (non-hydrogen) atoms. The van der Waals surface area contributed by atoms with Crippen LogP contribution in [-0.2, 0) is 0 Å². The maximum absolute atomic E-state index is 11.0. The van der Waals surface area contributed by atoms with Gasteiger partial charge in [0.05, 0.1) is 16.6 Å². The Labute approximate surface area is 118 Å². The summed E-state index contributed by atoms with van der Waals surface area (Å²) in [5.74, 6) is 0.500. The van der Waals surface area contributed by atoms with Gasteiger partial charge in [-0.1, -0.05) is 6.92 Å². The maximum atomic E-state index is 11.0. The molecule has 6 heteroatoms. The van der Waals surface area contributed by atoms with Crippen molar-refractivity contribution in [3.8, 4) is 6.07 Å². The smallest absolute Gasteiger partial charge is 0.292 e. The van der Waals surface area contributed by atoms with Crippen LogP contribution in [0.4, 0.5) is 11.4 Å². The molecule has 0 bridgehead atoms. The van der Waals surface area contributed by atoms with E-state index in [4.69, 9.17) is 5.26 Å². The van der Waals surface area contributed by atoms with E-state index in [2.05, 4.69) is 17.1 Å². The van der Waals surface area contributed by atoms with Gasteiger partial charge in [-0.3, -0.25) is 10.1 Å². The Morgan fingerprint density at radius 1 is 1.60 bits per heavy atom. The van der Waals surface area contributed by atoms with Crippen molar-refractivity contribution < 1.29 is 4.92 Å². The zero-order valence-electron chi connectivity index (χ0n) is 11.5. The van der Waals surface area contributed by atoms with Gasteiger partial charge < -0.3 is 10.2 Å². The molecule has 0 radical (unpaired) electrons. The first kappa shape index (κ1) is 14.3. The van der Waals surface area contributed by atoms with Gasteiger partial charge in [0.25, 0.3) is 5.69 Å². The second-order valence-electron chi connectivity index (χ2n) is 5.03. The van der Waals surface area contributed by atoms with E-state index in [9.17, 15) is 10.1 Å². The third-order valence-electron chi connectivity index (χ3n) is 3.72. The molecule has 1 unspecified atom stereocenters. The molecule has 1 saturated heterocycles. The Kier molecular flexibility index (Phi) is 4.53. The first-order valence-corrected chi connectivity index (χ1v) is 6.78. The third-order valence-corrected chi connectivity index (χ3v) is 3.72. The lowest BCUT2D eigenvalue weighted by atomic mass is 10.1. The number of nitrogens with zero attached hydrogens (tertiary/aromatic N) is 3. The summed E-state index contributed by atoms with van der Waals surface area (Å²) in [4.78, 5) is 12.9. The fraction of sp³-hybridized carbons (Fsp3) is 0.500. The molecule has 1 aromatic rings.